The van der Waals surface area contributed by atoms with Crippen LogP contribution in [0.2, 0.25) is 0 Å². The zero-order valence-corrected chi connectivity index (χ0v) is 19.0. The van der Waals surface area contributed by atoms with Crippen LogP contribution in [0.5, 0.6) is 5.75 Å². The molecule has 2 aliphatic rings. The Bertz CT molecular complexity index is 1150. The molecule has 0 saturated carbocycles. The quantitative estimate of drug-likeness (QED) is 0.746. The van der Waals surface area contributed by atoms with Crippen molar-refractivity contribution in [3.8, 4) is 5.75 Å². The van der Waals surface area contributed by atoms with Crippen LogP contribution in [0.3, 0.4) is 0 Å². The van der Waals surface area contributed by atoms with E-state index < -0.39 is 14.6 Å². The molecule has 0 radical (unpaired) electrons. The van der Waals surface area contributed by atoms with Crippen LogP contribution in [0, 0.1) is 0 Å². The number of allylic oxidation sites excluding steroid dienone is 1. The standard InChI is InChI=1S/C21H27N5O4S/c1-6-14(15-10-22-25-16(15)7-2)19-23-18(21(3,4)31(5,27)28)17-20(24-19)26-8-9-29-11-13(26)12-30-17/h6-7,10,13H,2,8-9,11-12H2,1,3-5H3,(H,22,25). The van der Waals surface area contributed by atoms with Crippen LogP contribution < -0.4 is 9.64 Å². The Balaban J connectivity index is 1.97. The predicted octanol–water partition coefficient (Wildman–Crippen LogP) is 2.17. The van der Waals surface area contributed by atoms with Crippen LogP contribution in [-0.4, -0.2) is 67.2 Å². The van der Waals surface area contributed by atoms with Gasteiger partial charge in [-0.25, -0.2) is 18.4 Å². The fourth-order valence-electron chi connectivity index (χ4n) is 3.79. The molecule has 0 bridgehead atoms. The molecule has 0 amide bonds. The highest BCUT2D eigenvalue weighted by Crippen LogP contribution is 2.43. The highest BCUT2D eigenvalue weighted by molar-refractivity contribution is 7.91. The van der Waals surface area contributed by atoms with Crippen molar-refractivity contribution in [1.29, 1.82) is 0 Å². The summed E-state index contributed by atoms with van der Waals surface area (Å²) >= 11 is 0. The third-order valence-electron chi connectivity index (χ3n) is 5.96. The Labute approximate surface area is 182 Å². The summed E-state index contributed by atoms with van der Waals surface area (Å²) in [5.41, 5.74) is 2.60. The van der Waals surface area contributed by atoms with Crippen molar-refractivity contribution in [2.75, 3.05) is 37.5 Å². The van der Waals surface area contributed by atoms with Gasteiger partial charge in [-0.15, -0.1) is 0 Å². The van der Waals surface area contributed by atoms with Crippen LogP contribution in [0.1, 0.15) is 43.5 Å². The maximum absolute atomic E-state index is 12.7. The van der Waals surface area contributed by atoms with Crippen molar-refractivity contribution in [1.82, 2.24) is 20.2 Å². The Hall–Kier alpha value is -2.72. The fraction of sp³-hybridized carbons (Fsp3) is 0.476. The molecule has 2 aromatic heterocycles. The van der Waals surface area contributed by atoms with Gasteiger partial charge in [0.1, 0.15) is 17.0 Å². The van der Waals surface area contributed by atoms with Crippen LogP contribution >= 0.6 is 0 Å². The van der Waals surface area contributed by atoms with Crippen molar-refractivity contribution in [2.45, 2.75) is 31.6 Å². The third kappa shape index (κ3) is 3.53. The summed E-state index contributed by atoms with van der Waals surface area (Å²) in [5, 5.41) is 7.02. The number of hydrogen-bond acceptors (Lipinski definition) is 8. The number of ether oxygens (including phenoxy) is 2. The van der Waals surface area contributed by atoms with Gasteiger partial charge >= 0.3 is 0 Å². The van der Waals surface area contributed by atoms with E-state index >= 15 is 0 Å². The van der Waals surface area contributed by atoms with E-state index in [2.05, 4.69) is 21.7 Å². The van der Waals surface area contributed by atoms with Gasteiger partial charge in [0.2, 0.25) is 0 Å². The highest BCUT2D eigenvalue weighted by atomic mass is 32.2. The molecule has 4 rings (SSSR count). The number of morpholine rings is 1. The highest BCUT2D eigenvalue weighted by Gasteiger charge is 2.42. The number of fused-ring (bicyclic) bond motifs is 3. The number of nitrogens with one attached hydrogen (secondary N) is 1. The predicted molar refractivity (Wildman–Crippen MR) is 119 cm³/mol. The second kappa shape index (κ2) is 7.76. The molecular weight excluding hydrogens is 418 g/mol. The van der Waals surface area contributed by atoms with Gasteiger partial charge in [0.05, 0.1) is 31.1 Å². The maximum Gasteiger partial charge on any atom is 0.185 e. The number of anilines is 1. The average molecular weight is 446 g/mol. The molecule has 4 heterocycles. The van der Waals surface area contributed by atoms with Gasteiger partial charge in [-0.05, 0) is 26.8 Å². The molecular formula is C21H27N5O4S. The van der Waals surface area contributed by atoms with Gasteiger partial charge in [0, 0.05) is 23.9 Å². The molecule has 0 spiro atoms. The molecule has 9 nitrogen and oxygen atoms in total. The molecule has 1 N–H and O–H groups in total. The lowest BCUT2D eigenvalue weighted by Gasteiger charge is -2.41. The van der Waals surface area contributed by atoms with Gasteiger partial charge in [-0.2, -0.15) is 5.10 Å². The van der Waals surface area contributed by atoms with E-state index in [4.69, 9.17) is 19.4 Å². The van der Waals surface area contributed by atoms with Gasteiger partial charge in [0.15, 0.2) is 27.2 Å². The summed E-state index contributed by atoms with van der Waals surface area (Å²) in [7, 11) is -3.50. The summed E-state index contributed by atoms with van der Waals surface area (Å²) < 4.78 is 35.8. The maximum atomic E-state index is 12.7. The van der Waals surface area contributed by atoms with E-state index in [1.807, 2.05) is 13.0 Å². The molecule has 10 heteroatoms. The summed E-state index contributed by atoms with van der Waals surface area (Å²) in [6.07, 6.45) is 6.46. The molecule has 0 aromatic carbocycles. The van der Waals surface area contributed by atoms with Crippen LogP contribution in [-0.2, 0) is 19.3 Å². The number of sulfone groups is 1. The Morgan fingerprint density at radius 3 is 2.81 bits per heavy atom. The Morgan fingerprint density at radius 2 is 2.13 bits per heavy atom. The van der Waals surface area contributed by atoms with E-state index in [0.717, 1.165) is 16.8 Å². The molecule has 2 aliphatic heterocycles. The fourth-order valence-corrected chi connectivity index (χ4v) is 4.28. The number of aromatic amines is 1. The largest absolute Gasteiger partial charge is 0.486 e. The zero-order chi connectivity index (χ0) is 22.4. The lowest BCUT2D eigenvalue weighted by atomic mass is 10.0. The van der Waals surface area contributed by atoms with Crippen molar-refractivity contribution in [2.24, 2.45) is 0 Å². The molecule has 166 valence electrons. The number of hydrogen-bond donors (Lipinski definition) is 1. The lowest BCUT2D eigenvalue weighted by molar-refractivity contribution is 0.0690. The third-order valence-corrected chi connectivity index (χ3v) is 8.00. The van der Waals surface area contributed by atoms with Crippen molar-refractivity contribution in [3.63, 3.8) is 0 Å². The monoisotopic (exact) mass is 445 g/mol. The first-order valence-electron chi connectivity index (χ1n) is 10.1. The van der Waals surface area contributed by atoms with E-state index in [0.29, 0.717) is 49.5 Å². The van der Waals surface area contributed by atoms with Crippen LogP contribution in [0.4, 0.5) is 5.82 Å². The summed E-state index contributed by atoms with van der Waals surface area (Å²) in [6, 6.07) is 0.0184. The first-order valence-corrected chi connectivity index (χ1v) is 12.0. The molecule has 1 fully saturated rings. The average Bonchev–Trinajstić information content (AvgIpc) is 3.21. The number of aromatic nitrogens is 4. The molecule has 1 unspecified atom stereocenters. The van der Waals surface area contributed by atoms with Gasteiger partial charge in [-0.1, -0.05) is 12.7 Å². The normalized spacial score (nSPS) is 19.4. The molecule has 2 aromatic rings. The van der Waals surface area contributed by atoms with Crippen molar-refractivity contribution < 1.29 is 17.9 Å². The molecule has 1 saturated heterocycles. The topological polar surface area (TPSA) is 110 Å². The van der Waals surface area contributed by atoms with Crippen LogP contribution in [0.25, 0.3) is 11.6 Å². The van der Waals surface area contributed by atoms with E-state index in [1.165, 1.54) is 6.26 Å². The minimum absolute atomic E-state index is 0.0184. The van der Waals surface area contributed by atoms with E-state index in [9.17, 15) is 8.42 Å². The Kier molecular flexibility index (Phi) is 5.38. The van der Waals surface area contributed by atoms with Gasteiger partial charge in [0.25, 0.3) is 0 Å². The zero-order valence-electron chi connectivity index (χ0n) is 18.2. The Morgan fingerprint density at radius 1 is 1.35 bits per heavy atom. The van der Waals surface area contributed by atoms with Crippen molar-refractivity contribution in [3.05, 3.63) is 41.6 Å². The summed E-state index contributed by atoms with van der Waals surface area (Å²) in [4.78, 5) is 11.7. The molecule has 1 atom stereocenters. The van der Waals surface area contributed by atoms with Crippen LogP contribution in [0.15, 0.2) is 18.9 Å². The summed E-state index contributed by atoms with van der Waals surface area (Å²) in [6.45, 7) is 11.1. The molecule has 0 aliphatic carbocycles. The minimum atomic E-state index is -3.50. The first kappa shape index (κ1) is 21.5. The smallest absolute Gasteiger partial charge is 0.185 e. The second-order valence-corrected chi connectivity index (χ2v) is 10.7. The SMILES string of the molecule is C=Cc1[nH]ncc1C(=CC)c1nc2c(c(C(C)(C)S(C)(=O)=O)n1)OCC1COCCN21. The van der Waals surface area contributed by atoms with Gasteiger partial charge in [-0.3, -0.25) is 5.10 Å². The number of nitrogens with zero attached hydrogens (tertiary/aromatic N) is 4. The van der Waals surface area contributed by atoms with Gasteiger partial charge < -0.3 is 14.4 Å². The first-order chi connectivity index (χ1) is 14.7. The lowest BCUT2D eigenvalue weighted by Crippen LogP contribution is -2.52. The number of rotatable bonds is 5. The van der Waals surface area contributed by atoms with E-state index in [1.54, 1.807) is 26.1 Å². The minimum Gasteiger partial charge on any atom is -0.486 e. The second-order valence-electron chi connectivity index (χ2n) is 8.17. The molecule has 31 heavy (non-hydrogen) atoms. The summed E-state index contributed by atoms with van der Waals surface area (Å²) in [5.74, 6) is 1.43. The number of H-pyrrole nitrogens is 1. The van der Waals surface area contributed by atoms with Crippen molar-refractivity contribution >= 4 is 27.3 Å². The van der Waals surface area contributed by atoms with E-state index in [-0.39, 0.29) is 6.04 Å².